The van der Waals surface area contributed by atoms with Gasteiger partial charge >= 0.3 is 5.97 Å². The number of benzene rings is 2. The summed E-state index contributed by atoms with van der Waals surface area (Å²) in [4.78, 5) is 19.2. The average Bonchev–Trinajstić information content (AvgIpc) is 3.23. The Morgan fingerprint density at radius 2 is 2.00 bits per heavy atom. The number of halogens is 2. The second kappa shape index (κ2) is 11.9. The average molecular weight is 463 g/mol. The molecule has 0 bridgehead atoms. The van der Waals surface area contributed by atoms with Crippen molar-refractivity contribution in [2.45, 2.75) is 44.9 Å². The molecule has 1 aliphatic heterocycles. The van der Waals surface area contributed by atoms with Crippen molar-refractivity contribution >= 4 is 23.3 Å². The molecule has 2 aromatic carbocycles. The van der Waals surface area contributed by atoms with Gasteiger partial charge in [0, 0.05) is 37.5 Å². The van der Waals surface area contributed by atoms with E-state index in [4.69, 9.17) is 21.2 Å². The number of hydrogen-bond acceptors (Lipinski definition) is 6. The van der Waals surface area contributed by atoms with Crippen LogP contribution in [-0.2, 0) is 20.9 Å². The molecule has 8 heteroatoms. The number of ether oxygens (including phenoxy) is 1. The van der Waals surface area contributed by atoms with Gasteiger partial charge in [0.05, 0.1) is 5.71 Å². The summed E-state index contributed by atoms with van der Waals surface area (Å²) >= 11 is 5.96. The molecule has 0 aromatic heterocycles. The molecule has 0 amide bonds. The van der Waals surface area contributed by atoms with Gasteiger partial charge in [0.2, 0.25) is 0 Å². The Balaban J connectivity index is 1.59. The Hall–Kier alpha value is -2.48. The summed E-state index contributed by atoms with van der Waals surface area (Å²) in [5.41, 5.74) is 2.69. The molecule has 3 rings (SSSR count). The third-order valence-corrected chi connectivity index (χ3v) is 5.30. The van der Waals surface area contributed by atoms with Crippen molar-refractivity contribution in [3.63, 3.8) is 0 Å². The van der Waals surface area contributed by atoms with E-state index >= 15 is 0 Å². The van der Waals surface area contributed by atoms with Gasteiger partial charge in [0.1, 0.15) is 24.6 Å². The van der Waals surface area contributed by atoms with Crippen molar-refractivity contribution in [1.29, 1.82) is 0 Å². The van der Waals surface area contributed by atoms with Gasteiger partial charge in [0.25, 0.3) is 0 Å². The van der Waals surface area contributed by atoms with Gasteiger partial charge in [0.15, 0.2) is 0 Å². The molecule has 1 heterocycles. The van der Waals surface area contributed by atoms with Crippen LogP contribution in [0.25, 0.3) is 0 Å². The van der Waals surface area contributed by atoms with E-state index in [1.165, 1.54) is 12.1 Å². The second-order valence-electron chi connectivity index (χ2n) is 7.88. The quantitative estimate of drug-likeness (QED) is 0.507. The summed E-state index contributed by atoms with van der Waals surface area (Å²) < 4.78 is 18.4. The molecular formula is C24H28ClFN2O4. The molecule has 0 saturated heterocycles. The minimum Gasteiger partial charge on any atom is -0.463 e. The van der Waals surface area contributed by atoms with Crippen LogP contribution in [0.1, 0.15) is 37.3 Å². The molecule has 0 spiro atoms. The lowest BCUT2D eigenvalue weighted by atomic mass is 10.0. The predicted molar refractivity (Wildman–Crippen MR) is 121 cm³/mol. The van der Waals surface area contributed by atoms with Gasteiger partial charge in [-0.2, -0.15) is 0 Å². The molecule has 172 valence electrons. The van der Waals surface area contributed by atoms with Gasteiger partial charge in [-0.3, -0.25) is 9.69 Å². The predicted octanol–water partition coefficient (Wildman–Crippen LogP) is 4.18. The number of nitrogens with zero attached hydrogens (tertiary/aromatic N) is 2. The number of oxime groups is 1. The van der Waals surface area contributed by atoms with Crippen molar-refractivity contribution in [2.24, 2.45) is 5.16 Å². The number of carbonyl (C=O) groups is 1. The zero-order valence-electron chi connectivity index (χ0n) is 18.0. The largest absolute Gasteiger partial charge is 0.463 e. The second-order valence-corrected chi connectivity index (χ2v) is 8.32. The van der Waals surface area contributed by atoms with Crippen molar-refractivity contribution < 1.29 is 23.9 Å². The maximum Gasteiger partial charge on any atom is 0.305 e. The van der Waals surface area contributed by atoms with Gasteiger partial charge in [-0.1, -0.05) is 47.9 Å². The van der Waals surface area contributed by atoms with Crippen LogP contribution in [0, 0.1) is 5.82 Å². The zero-order chi connectivity index (χ0) is 22.9. The number of carbonyl (C=O) groups excluding carboxylic acids is 1. The fraction of sp³-hybridized carbons (Fsp3) is 0.417. The first-order chi connectivity index (χ1) is 15.4. The summed E-state index contributed by atoms with van der Waals surface area (Å²) in [6.45, 7) is 3.07. The van der Waals surface area contributed by atoms with Crippen LogP contribution in [0.3, 0.4) is 0 Å². The van der Waals surface area contributed by atoms with Crippen molar-refractivity contribution in [3.05, 3.63) is 70.5 Å². The molecule has 2 aromatic rings. The fourth-order valence-corrected chi connectivity index (χ4v) is 3.62. The smallest absolute Gasteiger partial charge is 0.305 e. The van der Waals surface area contributed by atoms with Crippen LogP contribution in [0.4, 0.5) is 4.39 Å². The third-order valence-electron chi connectivity index (χ3n) is 5.05. The fourth-order valence-electron chi connectivity index (χ4n) is 3.49. The maximum atomic E-state index is 13.3. The Morgan fingerprint density at radius 1 is 1.28 bits per heavy atom. The molecule has 32 heavy (non-hydrogen) atoms. The zero-order valence-corrected chi connectivity index (χ0v) is 18.8. The Labute approximate surface area is 192 Å². The van der Waals surface area contributed by atoms with Crippen LogP contribution in [0.2, 0.25) is 5.02 Å². The van der Waals surface area contributed by atoms with Crippen LogP contribution >= 0.6 is 11.6 Å². The normalized spacial score (nSPS) is 16.5. The van der Waals surface area contributed by atoms with Gasteiger partial charge in [-0.15, -0.1) is 0 Å². The first-order valence-corrected chi connectivity index (χ1v) is 11.1. The summed E-state index contributed by atoms with van der Waals surface area (Å²) in [6.07, 6.45) is 0.585. The number of rotatable bonds is 11. The van der Waals surface area contributed by atoms with Crippen LogP contribution in [-0.4, -0.2) is 53.6 Å². The number of esters is 1. The molecule has 0 saturated carbocycles. The van der Waals surface area contributed by atoms with Gasteiger partial charge in [-0.05, 0) is 41.8 Å². The highest BCUT2D eigenvalue weighted by atomic mass is 35.5. The Kier molecular flexibility index (Phi) is 9.02. The van der Waals surface area contributed by atoms with E-state index in [1.54, 1.807) is 12.1 Å². The van der Waals surface area contributed by atoms with Crippen molar-refractivity contribution in [2.75, 3.05) is 19.7 Å². The summed E-state index contributed by atoms with van der Waals surface area (Å²) in [6, 6.07) is 13.7. The first kappa shape index (κ1) is 24.2. The Morgan fingerprint density at radius 3 is 2.69 bits per heavy atom. The molecule has 0 radical (unpaired) electrons. The highest BCUT2D eigenvalue weighted by Gasteiger charge is 2.26. The lowest BCUT2D eigenvalue weighted by molar-refractivity contribution is -0.147. The molecule has 2 atom stereocenters. The van der Waals surface area contributed by atoms with E-state index in [0.29, 0.717) is 37.4 Å². The molecule has 1 aliphatic rings. The Bertz CT molecular complexity index is 905. The summed E-state index contributed by atoms with van der Waals surface area (Å²) in [5, 5.41) is 15.3. The van der Waals surface area contributed by atoms with Gasteiger partial charge < -0.3 is 14.7 Å². The molecule has 1 N–H and O–H groups in total. The standard InChI is InChI=1S/C24H28ClFN2O4/c1-2-3-24(30)31-16-21(29)14-28(13-17-4-10-20(26)11-5-17)15-22-12-23(27-32-22)18-6-8-19(25)9-7-18/h4-11,21-22,29H,2-3,12-16H2,1H3/t21-,22-/m1/s1. The SMILES string of the molecule is CCCC(=O)OC[C@H](O)CN(Cc1ccc(F)cc1)C[C@H]1CC(c2ccc(Cl)cc2)=NO1. The number of hydrogen-bond donors (Lipinski definition) is 1. The highest BCUT2D eigenvalue weighted by molar-refractivity contribution is 6.30. The lowest BCUT2D eigenvalue weighted by Crippen LogP contribution is -2.39. The third kappa shape index (κ3) is 7.58. The summed E-state index contributed by atoms with van der Waals surface area (Å²) in [7, 11) is 0. The van der Waals surface area contributed by atoms with Crippen LogP contribution in [0.5, 0.6) is 0 Å². The van der Waals surface area contributed by atoms with Crippen molar-refractivity contribution in [1.82, 2.24) is 4.90 Å². The minimum atomic E-state index is -0.852. The van der Waals surface area contributed by atoms with E-state index in [1.807, 2.05) is 36.1 Å². The molecule has 0 fully saturated rings. The van der Waals surface area contributed by atoms with Crippen LogP contribution < -0.4 is 0 Å². The van der Waals surface area contributed by atoms with Crippen molar-refractivity contribution in [3.8, 4) is 0 Å². The molecule has 0 aliphatic carbocycles. The van der Waals surface area contributed by atoms with E-state index in [0.717, 1.165) is 16.8 Å². The van der Waals surface area contributed by atoms with E-state index in [9.17, 15) is 14.3 Å². The summed E-state index contributed by atoms with van der Waals surface area (Å²) in [5.74, 6) is -0.625. The number of aliphatic hydroxyl groups excluding tert-OH is 1. The first-order valence-electron chi connectivity index (χ1n) is 10.7. The van der Waals surface area contributed by atoms with E-state index in [2.05, 4.69) is 5.16 Å². The van der Waals surface area contributed by atoms with Crippen LogP contribution in [0.15, 0.2) is 53.7 Å². The lowest BCUT2D eigenvalue weighted by Gasteiger charge is -2.27. The number of aliphatic hydroxyl groups is 1. The maximum absolute atomic E-state index is 13.3. The molecule has 0 unspecified atom stereocenters. The topological polar surface area (TPSA) is 71.4 Å². The van der Waals surface area contributed by atoms with E-state index in [-0.39, 0.29) is 31.0 Å². The van der Waals surface area contributed by atoms with Gasteiger partial charge in [-0.25, -0.2) is 4.39 Å². The molecular weight excluding hydrogens is 435 g/mol. The van der Waals surface area contributed by atoms with E-state index < -0.39 is 6.10 Å². The monoisotopic (exact) mass is 462 g/mol. The highest BCUT2D eigenvalue weighted by Crippen LogP contribution is 2.20. The minimum absolute atomic E-state index is 0.0726. The molecule has 6 nitrogen and oxygen atoms in total.